The molecule has 0 bridgehead atoms. The zero-order valence-electron chi connectivity index (χ0n) is 13.5. The number of hydrogen-bond acceptors (Lipinski definition) is 6. The summed E-state index contributed by atoms with van der Waals surface area (Å²) in [5.74, 6) is 6.09. The van der Waals surface area contributed by atoms with Crippen LogP contribution in [0.3, 0.4) is 0 Å². The number of amides is 1. The predicted molar refractivity (Wildman–Crippen MR) is 90.6 cm³/mol. The minimum atomic E-state index is -0.885. The third-order valence-electron chi connectivity index (χ3n) is 3.96. The van der Waals surface area contributed by atoms with E-state index >= 15 is 0 Å². The molecule has 1 unspecified atom stereocenters. The predicted octanol–water partition coefficient (Wildman–Crippen LogP) is 2.07. The summed E-state index contributed by atoms with van der Waals surface area (Å²) in [7, 11) is 0. The summed E-state index contributed by atoms with van der Waals surface area (Å²) in [5.41, 5.74) is 5.04. The first-order chi connectivity index (χ1) is 11.4. The Hall–Kier alpha value is -2.04. The Balaban J connectivity index is 2.24. The first-order valence-corrected chi connectivity index (χ1v) is 8.21. The highest BCUT2D eigenvalue weighted by atomic mass is 35.5. The Morgan fingerprint density at radius 1 is 1.54 bits per heavy atom. The molecule has 24 heavy (non-hydrogen) atoms. The van der Waals surface area contributed by atoms with E-state index in [2.05, 4.69) is 27.1 Å². The van der Waals surface area contributed by atoms with Gasteiger partial charge in [0.05, 0.1) is 17.7 Å². The molecule has 0 saturated heterocycles. The van der Waals surface area contributed by atoms with Crippen LogP contribution in [-0.4, -0.2) is 39.4 Å². The second kappa shape index (κ2) is 8.18. The molecule has 1 aromatic rings. The summed E-state index contributed by atoms with van der Waals surface area (Å²) in [6.07, 6.45) is 4.88. The van der Waals surface area contributed by atoms with E-state index in [0.717, 1.165) is 32.1 Å². The van der Waals surface area contributed by atoms with Crippen molar-refractivity contribution in [2.24, 2.45) is 5.73 Å². The van der Waals surface area contributed by atoms with Gasteiger partial charge in [0.25, 0.3) is 0 Å². The minimum absolute atomic E-state index is 0.00266. The third kappa shape index (κ3) is 4.98. The number of nitrogens with two attached hydrogens (primary N) is 1. The van der Waals surface area contributed by atoms with Gasteiger partial charge in [0.2, 0.25) is 5.28 Å². The first kappa shape index (κ1) is 18.3. The number of primary amides is 1. The maximum absolute atomic E-state index is 10.7. The van der Waals surface area contributed by atoms with Crippen molar-refractivity contribution in [3.8, 4) is 11.8 Å². The lowest BCUT2D eigenvalue weighted by molar-refractivity contribution is 0.141. The summed E-state index contributed by atoms with van der Waals surface area (Å²) in [4.78, 5) is 18.9. The van der Waals surface area contributed by atoms with E-state index in [4.69, 9.17) is 22.1 Å². The summed E-state index contributed by atoms with van der Waals surface area (Å²) in [6.45, 7) is 1.61. The number of aliphatic hydroxyl groups excluding tert-OH is 1. The zero-order valence-corrected chi connectivity index (χ0v) is 14.3. The van der Waals surface area contributed by atoms with Crippen molar-refractivity contribution in [2.45, 2.75) is 50.7 Å². The van der Waals surface area contributed by atoms with Gasteiger partial charge in [0.15, 0.2) is 6.10 Å². The molecule has 0 aliphatic heterocycles. The third-order valence-corrected chi connectivity index (χ3v) is 4.14. The number of nitrogens with one attached hydrogen (secondary N) is 1. The molecule has 2 rings (SSSR count). The molecule has 1 aliphatic carbocycles. The van der Waals surface area contributed by atoms with Crippen molar-refractivity contribution in [2.75, 3.05) is 11.9 Å². The Labute approximate surface area is 146 Å². The normalized spacial score (nSPS) is 17.3. The largest absolute Gasteiger partial charge is 0.433 e. The minimum Gasteiger partial charge on any atom is -0.433 e. The van der Waals surface area contributed by atoms with E-state index in [1.807, 2.05) is 0 Å². The van der Waals surface area contributed by atoms with Crippen molar-refractivity contribution in [1.82, 2.24) is 9.97 Å². The molecular weight excluding hydrogens is 332 g/mol. The number of nitrogens with zero attached hydrogens (tertiary/aromatic N) is 2. The van der Waals surface area contributed by atoms with Crippen LogP contribution in [0.5, 0.6) is 0 Å². The van der Waals surface area contributed by atoms with Gasteiger partial charge in [-0.15, -0.1) is 0 Å². The van der Waals surface area contributed by atoms with Crippen molar-refractivity contribution in [3.63, 3.8) is 0 Å². The molecule has 1 heterocycles. The van der Waals surface area contributed by atoms with Crippen LogP contribution in [0.15, 0.2) is 6.20 Å². The maximum atomic E-state index is 10.7. The van der Waals surface area contributed by atoms with Gasteiger partial charge in [0.1, 0.15) is 5.82 Å². The number of anilines is 1. The van der Waals surface area contributed by atoms with Gasteiger partial charge in [-0.05, 0) is 31.4 Å². The average Bonchev–Trinajstić information content (AvgIpc) is 2.54. The van der Waals surface area contributed by atoms with Crippen LogP contribution in [0.25, 0.3) is 0 Å². The highest BCUT2D eigenvalue weighted by Gasteiger charge is 2.32. The van der Waals surface area contributed by atoms with Crippen LogP contribution in [-0.2, 0) is 4.74 Å². The van der Waals surface area contributed by atoms with Gasteiger partial charge in [-0.3, -0.25) is 0 Å². The number of ether oxygens (including phenoxy) is 1. The van der Waals surface area contributed by atoms with E-state index < -0.39 is 17.7 Å². The highest BCUT2D eigenvalue weighted by molar-refractivity contribution is 6.28. The van der Waals surface area contributed by atoms with Crippen LogP contribution in [0.4, 0.5) is 10.6 Å². The Morgan fingerprint density at radius 3 is 2.88 bits per heavy atom. The van der Waals surface area contributed by atoms with Crippen LogP contribution in [0.2, 0.25) is 5.28 Å². The van der Waals surface area contributed by atoms with Crippen molar-refractivity contribution < 1.29 is 14.6 Å². The second-order valence-corrected chi connectivity index (χ2v) is 6.21. The molecule has 0 aromatic carbocycles. The summed E-state index contributed by atoms with van der Waals surface area (Å²) >= 11 is 5.90. The van der Waals surface area contributed by atoms with Gasteiger partial charge < -0.3 is 20.9 Å². The molecule has 1 aromatic heterocycles. The van der Waals surface area contributed by atoms with Gasteiger partial charge in [0, 0.05) is 6.20 Å². The molecule has 130 valence electrons. The van der Waals surface area contributed by atoms with Gasteiger partial charge in [-0.1, -0.05) is 31.1 Å². The van der Waals surface area contributed by atoms with Crippen molar-refractivity contribution in [1.29, 1.82) is 0 Å². The lowest BCUT2D eigenvalue weighted by Gasteiger charge is -2.37. The Bertz CT molecular complexity index is 650. The number of aliphatic hydroxyl groups is 1. The van der Waals surface area contributed by atoms with E-state index in [9.17, 15) is 9.90 Å². The fourth-order valence-electron chi connectivity index (χ4n) is 2.73. The highest BCUT2D eigenvalue weighted by Crippen LogP contribution is 2.31. The smallest absolute Gasteiger partial charge is 0.405 e. The standard InChI is InChI=1S/C16H21ClN4O3/c1-11(24-15(18)23)5-6-12-9-19-14(17)20-13(12)21-16(10-22)7-3-2-4-8-16/h9,11,22H,2-4,7-8,10H2,1H3,(H2,18,23)(H,19,20,21). The summed E-state index contributed by atoms with van der Waals surface area (Å²) in [6, 6.07) is 0. The van der Waals surface area contributed by atoms with E-state index in [1.165, 1.54) is 6.20 Å². The molecule has 1 atom stereocenters. The quantitative estimate of drug-likeness (QED) is 0.565. The molecule has 1 aliphatic rings. The molecule has 0 spiro atoms. The molecular formula is C16H21ClN4O3. The molecule has 7 nitrogen and oxygen atoms in total. The van der Waals surface area contributed by atoms with Gasteiger partial charge in [-0.25, -0.2) is 9.78 Å². The Kier molecular flexibility index (Phi) is 6.23. The topological polar surface area (TPSA) is 110 Å². The number of halogens is 1. The molecule has 1 amide bonds. The first-order valence-electron chi connectivity index (χ1n) is 7.83. The molecule has 8 heteroatoms. The molecule has 4 N–H and O–H groups in total. The van der Waals surface area contributed by atoms with E-state index in [0.29, 0.717) is 11.4 Å². The van der Waals surface area contributed by atoms with Crippen molar-refractivity contribution >= 4 is 23.5 Å². The second-order valence-electron chi connectivity index (χ2n) is 5.87. The average molecular weight is 353 g/mol. The number of aromatic nitrogens is 2. The van der Waals surface area contributed by atoms with Gasteiger partial charge >= 0.3 is 6.09 Å². The Morgan fingerprint density at radius 2 is 2.25 bits per heavy atom. The lowest BCUT2D eigenvalue weighted by Crippen LogP contribution is -2.44. The molecule has 1 fully saturated rings. The van der Waals surface area contributed by atoms with Gasteiger partial charge in [-0.2, -0.15) is 4.98 Å². The van der Waals surface area contributed by atoms with Crippen LogP contribution < -0.4 is 11.1 Å². The maximum Gasteiger partial charge on any atom is 0.405 e. The lowest BCUT2D eigenvalue weighted by atomic mass is 9.82. The van der Waals surface area contributed by atoms with Crippen LogP contribution >= 0.6 is 11.6 Å². The molecule has 1 saturated carbocycles. The number of carbonyl (C=O) groups excluding carboxylic acids is 1. The zero-order chi connectivity index (χ0) is 17.6. The SMILES string of the molecule is CC(C#Cc1cnc(Cl)nc1NC1(CO)CCCCC1)OC(N)=O. The van der Waals surface area contributed by atoms with E-state index in [-0.39, 0.29) is 11.9 Å². The summed E-state index contributed by atoms with van der Waals surface area (Å²) < 4.78 is 4.76. The number of rotatable bonds is 4. The summed E-state index contributed by atoms with van der Waals surface area (Å²) in [5, 5.41) is 13.2. The fourth-order valence-corrected chi connectivity index (χ4v) is 2.87. The van der Waals surface area contributed by atoms with Crippen molar-refractivity contribution in [3.05, 3.63) is 17.0 Å². The number of carbonyl (C=O) groups is 1. The van der Waals surface area contributed by atoms with Crippen LogP contribution in [0, 0.1) is 11.8 Å². The van der Waals surface area contributed by atoms with Crippen LogP contribution in [0.1, 0.15) is 44.6 Å². The fraction of sp³-hybridized carbons (Fsp3) is 0.562. The molecule has 0 radical (unpaired) electrons. The van der Waals surface area contributed by atoms with E-state index in [1.54, 1.807) is 6.92 Å². The number of hydrogen-bond donors (Lipinski definition) is 3. The monoisotopic (exact) mass is 352 g/mol.